The maximum absolute atomic E-state index is 11.1. The standard InChI is InChI=1S/C19H18ClN5O2/c20-16-8-22-18(24-17(16)12-3-1-11(7-21)2-4-12)23-15-5-13-9-25(19(26)27)10-14(13)6-15/h1-4,8,13-15H,5-6,9-10H2,(H,26,27)(H,22,23,24)/t13-,14+,15?. The van der Waals surface area contributed by atoms with E-state index >= 15 is 0 Å². The molecule has 8 heteroatoms. The molecule has 1 saturated heterocycles. The predicted octanol–water partition coefficient (Wildman–Crippen LogP) is 3.47. The largest absolute Gasteiger partial charge is 0.465 e. The van der Waals surface area contributed by atoms with E-state index in [0.29, 0.717) is 47.2 Å². The molecule has 0 spiro atoms. The first-order valence-corrected chi connectivity index (χ1v) is 9.18. The molecule has 2 aliphatic rings. The number of benzene rings is 1. The van der Waals surface area contributed by atoms with E-state index in [9.17, 15) is 4.79 Å². The Bertz CT molecular complexity index is 897. The molecule has 3 atom stereocenters. The number of nitriles is 1. The van der Waals surface area contributed by atoms with Crippen molar-refractivity contribution in [1.82, 2.24) is 14.9 Å². The number of rotatable bonds is 3. The summed E-state index contributed by atoms with van der Waals surface area (Å²) in [5, 5.41) is 21.9. The van der Waals surface area contributed by atoms with Gasteiger partial charge in [0.05, 0.1) is 28.5 Å². The minimum absolute atomic E-state index is 0.228. The van der Waals surface area contributed by atoms with Crippen LogP contribution in [0, 0.1) is 23.2 Å². The van der Waals surface area contributed by atoms with Crippen molar-refractivity contribution in [2.75, 3.05) is 18.4 Å². The zero-order valence-electron chi connectivity index (χ0n) is 14.5. The summed E-state index contributed by atoms with van der Waals surface area (Å²) < 4.78 is 0. The lowest BCUT2D eigenvalue weighted by Crippen LogP contribution is -2.29. The highest BCUT2D eigenvalue weighted by Crippen LogP contribution is 2.39. The van der Waals surface area contributed by atoms with E-state index in [1.54, 1.807) is 18.3 Å². The number of anilines is 1. The SMILES string of the molecule is N#Cc1ccc(-c2nc(NC3C[C@@H]4CN(C(=O)O)C[C@@H]4C3)ncc2Cl)cc1. The number of halogens is 1. The van der Waals surface area contributed by atoms with Crippen molar-refractivity contribution >= 4 is 23.6 Å². The van der Waals surface area contributed by atoms with E-state index in [1.807, 2.05) is 12.1 Å². The predicted molar refractivity (Wildman–Crippen MR) is 100 cm³/mol. The van der Waals surface area contributed by atoms with Gasteiger partial charge in [-0.1, -0.05) is 23.7 Å². The van der Waals surface area contributed by atoms with Gasteiger partial charge in [0.15, 0.2) is 0 Å². The average molecular weight is 384 g/mol. The molecule has 1 aliphatic carbocycles. The number of nitrogens with one attached hydrogen (secondary N) is 1. The van der Waals surface area contributed by atoms with Gasteiger partial charge in [0.2, 0.25) is 5.95 Å². The van der Waals surface area contributed by atoms with Crippen LogP contribution in [-0.4, -0.2) is 45.2 Å². The maximum Gasteiger partial charge on any atom is 0.407 e. The number of carboxylic acid groups (broad SMARTS) is 1. The van der Waals surface area contributed by atoms with Crippen LogP contribution in [0.1, 0.15) is 18.4 Å². The Hall–Kier alpha value is -2.85. The van der Waals surface area contributed by atoms with Gasteiger partial charge in [0.25, 0.3) is 0 Å². The Balaban J connectivity index is 1.46. The molecule has 2 N–H and O–H groups in total. The topological polar surface area (TPSA) is 102 Å². The second-order valence-corrected chi connectivity index (χ2v) is 7.51. The molecule has 1 aromatic carbocycles. The number of hydrogen-bond donors (Lipinski definition) is 2. The Kier molecular flexibility index (Phi) is 4.58. The molecule has 4 rings (SSSR count). The lowest BCUT2D eigenvalue weighted by atomic mass is 10.0. The fourth-order valence-electron chi connectivity index (χ4n) is 4.10. The highest BCUT2D eigenvalue weighted by molar-refractivity contribution is 6.32. The first-order valence-electron chi connectivity index (χ1n) is 8.81. The highest BCUT2D eigenvalue weighted by atomic mass is 35.5. The Morgan fingerprint density at radius 3 is 2.52 bits per heavy atom. The quantitative estimate of drug-likeness (QED) is 0.841. The molecule has 0 radical (unpaired) electrons. The van der Waals surface area contributed by atoms with Gasteiger partial charge in [-0.2, -0.15) is 5.26 Å². The van der Waals surface area contributed by atoms with Crippen molar-refractivity contribution in [1.29, 1.82) is 5.26 Å². The average Bonchev–Trinajstić information content (AvgIpc) is 3.22. The van der Waals surface area contributed by atoms with Crippen LogP contribution < -0.4 is 5.32 Å². The summed E-state index contributed by atoms with van der Waals surface area (Å²) in [7, 11) is 0. The van der Waals surface area contributed by atoms with Crippen molar-refractivity contribution in [3.63, 3.8) is 0 Å². The molecule has 138 valence electrons. The molecule has 27 heavy (non-hydrogen) atoms. The number of nitrogens with zero attached hydrogens (tertiary/aromatic N) is 4. The van der Waals surface area contributed by atoms with Crippen molar-refractivity contribution < 1.29 is 9.90 Å². The summed E-state index contributed by atoms with van der Waals surface area (Å²) in [5.41, 5.74) is 2.02. The van der Waals surface area contributed by atoms with Gasteiger partial charge >= 0.3 is 6.09 Å². The third-order valence-corrected chi connectivity index (χ3v) is 5.66. The summed E-state index contributed by atoms with van der Waals surface area (Å²) in [4.78, 5) is 21.5. The van der Waals surface area contributed by atoms with Crippen LogP contribution in [0.5, 0.6) is 0 Å². The first-order chi connectivity index (χ1) is 13.0. The van der Waals surface area contributed by atoms with Crippen LogP contribution in [-0.2, 0) is 0 Å². The lowest BCUT2D eigenvalue weighted by molar-refractivity contribution is 0.152. The molecule has 1 aliphatic heterocycles. The second-order valence-electron chi connectivity index (χ2n) is 7.10. The van der Waals surface area contributed by atoms with Gasteiger partial charge in [-0.05, 0) is 36.8 Å². The Labute approximate surface area is 161 Å². The Morgan fingerprint density at radius 2 is 1.93 bits per heavy atom. The van der Waals surface area contributed by atoms with Crippen LogP contribution in [0.15, 0.2) is 30.5 Å². The van der Waals surface area contributed by atoms with Gasteiger partial charge in [-0.3, -0.25) is 0 Å². The summed E-state index contributed by atoms with van der Waals surface area (Å²) in [6, 6.07) is 9.41. The number of fused-ring (bicyclic) bond motifs is 1. The highest BCUT2D eigenvalue weighted by Gasteiger charge is 2.42. The van der Waals surface area contributed by atoms with Gasteiger partial charge < -0.3 is 15.3 Å². The minimum atomic E-state index is -0.831. The van der Waals surface area contributed by atoms with Crippen LogP contribution in [0.3, 0.4) is 0 Å². The van der Waals surface area contributed by atoms with Crippen molar-refractivity contribution in [3.05, 3.63) is 41.0 Å². The van der Waals surface area contributed by atoms with Gasteiger partial charge in [-0.15, -0.1) is 0 Å². The van der Waals surface area contributed by atoms with E-state index in [1.165, 1.54) is 4.90 Å². The molecular formula is C19H18ClN5O2. The van der Waals surface area contributed by atoms with Crippen LogP contribution in [0.4, 0.5) is 10.7 Å². The van der Waals surface area contributed by atoms with Crippen molar-refractivity contribution in [2.45, 2.75) is 18.9 Å². The smallest absolute Gasteiger partial charge is 0.407 e. The fraction of sp³-hybridized carbons (Fsp3) is 0.368. The van der Waals surface area contributed by atoms with Crippen LogP contribution >= 0.6 is 11.6 Å². The monoisotopic (exact) mass is 383 g/mol. The number of amides is 1. The van der Waals surface area contributed by atoms with Gasteiger partial charge in [-0.25, -0.2) is 14.8 Å². The number of carbonyl (C=O) groups is 1. The van der Waals surface area contributed by atoms with Crippen molar-refractivity contribution in [2.24, 2.45) is 11.8 Å². The van der Waals surface area contributed by atoms with E-state index in [-0.39, 0.29) is 6.04 Å². The molecule has 0 bridgehead atoms. The zero-order chi connectivity index (χ0) is 19.0. The Morgan fingerprint density at radius 1 is 1.26 bits per heavy atom. The van der Waals surface area contributed by atoms with Gasteiger partial charge in [0.1, 0.15) is 0 Å². The van der Waals surface area contributed by atoms with Gasteiger partial charge in [0, 0.05) is 24.7 Å². The second kappa shape index (κ2) is 7.05. The normalized spacial score (nSPS) is 23.7. The summed E-state index contributed by atoms with van der Waals surface area (Å²) in [5.74, 6) is 1.30. The third-order valence-electron chi connectivity index (χ3n) is 5.39. The summed E-state index contributed by atoms with van der Waals surface area (Å²) >= 11 is 6.27. The number of likely N-dealkylation sites (tertiary alicyclic amines) is 1. The lowest BCUT2D eigenvalue weighted by Gasteiger charge is -2.17. The molecule has 1 amide bonds. The van der Waals surface area contributed by atoms with E-state index in [0.717, 1.165) is 18.4 Å². The van der Waals surface area contributed by atoms with E-state index < -0.39 is 6.09 Å². The summed E-state index contributed by atoms with van der Waals surface area (Å²) in [6.45, 7) is 1.21. The molecule has 7 nitrogen and oxygen atoms in total. The van der Waals surface area contributed by atoms with E-state index in [2.05, 4.69) is 21.4 Å². The van der Waals surface area contributed by atoms with Crippen LogP contribution in [0.2, 0.25) is 5.02 Å². The molecule has 2 heterocycles. The third kappa shape index (κ3) is 3.53. The number of aromatic nitrogens is 2. The minimum Gasteiger partial charge on any atom is -0.465 e. The van der Waals surface area contributed by atoms with Crippen molar-refractivity contribution in [3.8, 4) is 17.3 Å². The molecular weight excluding hydrogens is 366 g/mol. The number of hydrogen-bond acceptors (Lipinski definition) is 5. The summed E-state index contributed by atoms with van der Waals surface area (Å²) in [6.07, 6.45) is 2.56. The zero-order valence-corrected chi connectivity index (χ0v) is 15.2. The van der Waals surface area contributed by atoms with E-state index in [4.69, 9.17) is 22.0 Å². The van der Waals surface area contributed by atoms with Crippen LogP contribution in [0.25, 0.3) is 11.3 Å². The molecule has 2 aromatic rings. The molecule has 1 aromatic heterocycles. The first kappa shape index (κ1) is 17.6. The molecule has 2 fully saturated rings. The molecule has 1 unspecified atom stereocenters. The molecule has 1 saturated carbocycles. The fourth-order valence-corrected chi connectivity index (χ4v) is 4.30. The maximum atomic E-state index is 11.1.